The summed E-state index contributed by atoms with van der Waals surface area (Å²) < 4.78 is 23.8. The van der Waals surface area contributed by atoms with E-state index < -0.39 is 5.41 Å². The van der Waals surface area contributed by atoms with E-state index in [4.69, 9.17) is 18.6 Å². The molecule has 2 aromatic rings. The fourth-order valence-electron chi connectivity index (χ4n) is 4.63. The average Bonchev–Trinajstić information content (AvgIpc) is 2.80. The molecule has 0 unspecified atom stereocenters. The number of fused-ring (bicyclic) bond motifs is 1. The minimum Gasteiger partial charge on any atom is -0.500 e. The van der Waals surface area contributed by atoms with Crippen LogP contribution in [-0.4, -0.2) is 26.1 Å². The van der Waals surface area contributed by atoms with Gasteiger partial charge in [0.2, 0.25) is 0 Å². The molecule has 0 amide bonds. The fraction of sp³-hybridized carbons (Fsp3) is 0.462. The first-order valence-corrected chi connectivity index (χ1v) is 11.3. The van der Waals surface area contributed by atoms with E-state index in [2.05, 4.69) is 0 Å². The highest BCUT2D eigenvalue weighted by Crippen LogP contribution is 2.48. The van der Waals surface area contributed by atoms with Gasteiger partial charge in [0.05, 0.1) is 31.3 Å². The summed E-state index contributed by atoms with van der Waals surface area (Å²) in [6, 6.07) is 6.86. The van der Waals surface area contributed by atoms with Gasteiger partial charge in [-0.15, -0.1) is 0 Å². The molecule has 0 atom stereocenters. The number of rotatable bonds is 9. The van der Waals surface area contributed by atoms with E-state index in [1.807, 2.05) is 52.8 Å². The molecule has 0 radical (unpaired) electrons. The van der Waals surface area contributed by atoms with Crippen LogP contribution in [0.2, 0.25) is 0 Å². The normalized spacial score (nSPS) is 14.9. The Hall–Kier alpha value is -3.02. The van der Waals surface area contributed by atoms with Gasteiger partial charge in [0.1, 0.15) is 22.8 Å². The monoisotopic (exact) mass is 440 g/mol. The van der Waals surface area contributed by atoms with Gasteiger partial charge in [0.15, 0.2) is 22.7 Å². The van der Waals surface area contributed by atoms with Gasteiger partial charge in [-0.1, -0.05) is 26.8 Å². The molecule has 0 N–H and O–H groups in total. The molecular weight excluding hydrogens is 408 g/mol. The van der Waals surface area contributed by atoms with Gasteiger partial charge < -0.3 is 18.6 Å². The van der Waals surface area contributed by atoms with Crippen LogP contribution in [0, 0.1) is 0 Å². The molecule has 1 aliphatic rings. The lowest BCUT2D eigenvalue weighted by molar-refractivity contribution is 0.0975. The number of benzene rings is 1. The van der Waals surface area contributed by atoms with E-state index >= 15 is 0 Å². The van der Waals surface area contributed by atoms with Crippen LogP contribution < -0.4 is 14.9 Å². The van der Waals surface area contributed by atoms with Crippen LogP contribution in [0.5, 0.6) is 11.5 Å². The highest BCUT2D eigenvalue weighted by atomic mass is 16.5. The third-order valence-corrected chi connectivity index (χ3v) is 6.19. The third-order valence-electron chi connectivity index (χ3n) is 6.19. The van der Waals surface area contributed by atoms with Crippen molar-refractivity contribution in [3.8, 4) is 22.8 Å². The zero-order chi connectivity index (χ0) is 23.5. The van der Waals surface area contributed by atoms with Crippen LogP contribution in [0.4, 0.5) is 0 Å². The molecule has 1 aromatic heterocycles. The molecule has 1 aliphatic carbocycles. The maximum Gasteiger partial charge on any atom is 0.199 e. The van der Waals surface area contributed by atoms with Crippen molar-refractivity contribution in [1.82, 2.24) is 0 Å². The molecule has 32 heavy (non-hydrogen) atoms. The largest absolute Gasteiger partial charge is 0.500 e. The summed E-state index contributed by atoms with van der Waals surface area (Å²) in [5, 5.41) is 0. The molecule has 1 heterocycles. The van der Waals surface area contributed by atoms with Crippen molar-refractivity contribution in [2.24, 2.45) is 0 Å². The highest BCUT2D eigenvalue weighted by Gasteiger charge is 2.47. The molecule has 0 bridgehead atoms. The summed E-state index contributed by atoms with van der Waals surface area (Å²) in [6.07, 6.45) is 1.73. The first-order chi connectivity index (χ1) is 15.4. The molecule has 172 valence electrons. The zero-order valence-corrected chi connectivity index (χ0v) is 19.8. The number of ketones is 1. The lowest BCUT2D eigenvalue weighted by atomic mass is 9.69. The third kappa shape index (κ3) is 3.61. The molecule has 6 nitrogen and oxygen atoms in total. The Bertz CT molecular complexity index is 1090. The number of carbonyl (C=O) groups excluding carboxylic acids is 1. The van der Waals surface area contributed by atoms with Crippen LogP contribution in [0.25, 0.3) is 11.3 Å². The first kappa shape index (κ1) is 23.6. The Morgan fingerprint density at radius 2 is 1.66 bits per heavy atom. The molecule has 6 heteroatoms. The zero-order valence-electron chi connectivity index (χ0n) is 19.8. The summed E-state index contributed by atoms with van der Waals surface area (Å²) in [5.41, 5.74) is 0.200. The summed E-state index contributed by atoms with van der Waals surface area (Å²) in [6.45, 7) is 10.6. The summed E-state index contributed by atoms with van der Waals surface area (Å²) in [5.74, 6) is 2.08. The summed E-state index contributed by atoms with van der Waals surface area (Å²) in [7, 11) is 1.57. The molecule has 0 spiro atoms. The molecule has 0 saturated heterocycles. The van der Waals surface area contributed by atoms with Gasteiger partial charge in [0, 0.05) is 11.6 Å². The maximum absolute atomic E-state index is 13.3. The number of carbonyl (C=O) groups is 1. The lowest BCUT2D eigenvalue weighted by Crippen LogP contribution is -2.39. The van der Waals surface area contributed by atoms with Crippen LogP contribution >= 0.6 is 0 Å². The first-order valence-electron chi connectivity index (χ1n) is 11.3. The van der Waals surface area contributed by atoms with Crippen molar-refractivity contribution >= 4 is 5.78 Å². The van der Waals surface area contributed by atoms with E-state index in [0.29, 0.717) is 72.4 Å². The highest BCUT2D eigenvalue weighted by molar-refractivity contribution is 6.11. The van der Waals surface area contributed by atoms with Gasteiger partial charge in [-0.25, -0.2) is 0 Å². The Balaban J connectivity index is 2.36. The van der Waals surface area contributed by atoms with E-state index in [1.165, 1.54) is 6.07 Å². The topological polar surface area (TPSA) is 75.0 Å². The van der Waals surface area contributed by atoms with E-state index in [9.17, 15) is 9.59 Å². The fourth-order valence-corrected chi connectivity index (χ4v) is 4.63. The summed E-state index contributed by atoms with van der Waals surface area (Å²) >= 11 is 0. The number of para-hydroxylation sites is 1. The second-order valence-electron chi connectivity index (χ2n) is 7.66. The van der Waals surface area contributed by atoms with Gasteiger partial charge in [-0.3, -0.25) is 9.59 Å². The standard InChI is InChI=1S/C26H32O6/c1-7-16-22(28)21-18(27)15-20(32-25(21)26(8-2,9-3)24(16)29-6)17-13-12-14-19(30-10-4)23(17)31-11-5/h12-15H,7-11H2,1-6H3. The Morgan fingerprint density at radius 3 is 2.22 bits per heavy atom. The molecule has 1 aromatic carbocycles. The average molecular weight is 441 g/mol. The Kier molecular flexibility index (Phi) is 7.12. The maximum atomic E-state index is 13.3. The van der Waals surface area contributed by atoms with Crippen molar-refractivity contribution in [3.05, 3.63) is 57.1 Å². The van der Waals surface area contributed by atoms with E-state index in [-0.39, 0.29) is 16.8 Å². The van der Waals surface area contributed by atoms with E-state index in [0.717, 1.165) is 0 Å². The summed E-state index contributed by atoms with van der Waals surface area (Å²) in [4.78, 5) is 26.6. The SMILES string of the molecule is CCOc1cccc(-c2cc(=O)c3c(o2)C(CC)(CC)C(OC)=C(CC)C3=O)c1OCC. The lowest BCUT2D eigenvalue weighted by Gasteiger charge is -2.37. The minimum atomic E-state index is -0.693. The predicted molar refractivity (Wildman–Crippen MR) is 124 cm³/mol. The van der Waals surface area contributed by atoms with Gasteiger partial charge in [-0.2, -0.15) is 0 Å². The molecule has 0 saturated carbocycles. The second kappa shape index (κ2) is 9.63. The molecule has 0 aliphatic heterocycles. The van der Waals surface area contributed by atoms with Gasteiger partial charge in [0.25, 0.3) is 0 Å². The van der Waals surface area contributed by atoms with E-state index in [1.54, 1.807) is 7.11 Å². The number of hydrogen-bond acceptors (Lipinski definition) is 6. The van der Waals surface area contributed by atoms with Crippen molar-refractivity contribution in [3.63, 3.8) is 0 Å². The van der Waals surface area contributed by atoms with Crippen molar-refractivity contribution in [2.75, 3.05) is 20.3 Å². The van der Waals surface area contributed by atoms with Crippen LogP contribution in [-0.2, 0) is 10.2 Å². The Labute approximate surface area is 189 Å². The number of Topliss-reactive ketones (excluding diaryl/α,β-unsaturated/α-hetero) is 1. The predicted octanol–water partition coefficient (Wildman–Crippen LogP) is 5.67. The van der Waals surface area contributed by atoms with Gasteiger partial charge in [-0.05, 0) is 45.2 Å². The molecular formula is C26H32O6. The van der Waals surface area contributed by atoms with Crippen LogP contribution in [0.1, 0.15) is 70.0 Å². The van der Waals surface area contributed by atoms with Crippen molar-refractivity contribution in [2.45, 2.75) is 59.3 Å². The second-order valence-corrected chi connectivity index (χ2v) is 7.66. The number of hydrogen-bond donors (Lipinski definition) is 0. The van der Waals surface area contributed by atoms with Crippen LogP contribution in [0.15, 0.2) is 44.8 Å². The minimum absolute atomic E-state index is 0.106. The molecule has 0 fully saturated rings. The van der Waals surface area contributed by atoms with Crippen molar-refractivity contribution in [1.29, 1.82) is 0 Å². The molecule has 3 rings (SSSR count). The number of methoxy groups -OCH3 is 1. The van der Waals surface area contributed by atoms with Gasteiger partial charge >= 0.3 is 0 Å². The van der Waals surface area contributed by atoms with Crippen LogP contribution in [0.3, 0.4) is 0 Å². The van der Waals surface area contributed by atoms with Crippen molar-refractivity contribution < 1.29 is 23.4 Å². The number of allylic oxidation sites excluding steroid dienone is 2. The quantitative estimate of drug-likeness (QED) is 0.500. The Morgan fingerprint density at radius 1 is 0.969 bits per heavy atom. The number of ether oxygens (including phenoxy) is 3. The smallest absolute Gasteiger partial charge is 0.199 e.